The van der Waals surface area contributed by atoms with Crippen molar-refractivity contribution in [2.24, 2.45) is 0 Å². The zero-order valence-corrected chi connectivity index (χ0v) is 15.8. The largest absolute Gasteiger partial charge is 0.504 e. The van der Waals surface area contributed by atoms with E-state index in [1.54, 1.807) is 27.4 Å². The SMILES string of the molecule is COc1cc(CC2CO2)cc(-c2cc(CC3CO3)cc(O)c2OC)c1OC. The van der Waals surface area contributed by atoms with Gasteiger partial charge in [-0.15, -0.1) is 0 Å². The normalized spacial score (nSPS) is 20.3. The van der Waals surface area contributed by atoms with Gasteiger partial charge in [-0.3, -0.25) is 0 Å². The minimum atomic E-state index is 0.0996. The molecule has 1 N–H and O–H groups in total. The van der Waals surface area contributed by atoms with Crippen molar-refractivity contribution in [1.82, 2.24) is 0 Å². The van der Waals surface area contributed by atoms with Crippen LogP contribution in [0.2, 0.25) is 0 Å². The number of hydrogen-bond donors (Lipinski definition) is 1. The Labute approximate surface area is 158 Å². The predicted molar refractivity (Wildman–Crippen MR) is 100 cm³/mol. The lowest BCUT2D eigenvalue weighted by Crippen LogP contribution is -2.01. The Morgan fingerprint density at radius 2 is 1.33 bits per heavy atom. The summed E-state index contributed by atoms with van der Waals surface area (Å²) in [5.74, 6) is 1.76. The monoisotopic (exact) mass is 372 g/mol. The zero-order valence-electron chi connectivity index (χ0n) is 15.8. The zero-order chi connectivity index (χ0) is 19.0. The molecule has 2 saturated heterocycles. The summed E-state index contributed by atoms with van der Waals surface area (Å²) in [7, 11) is 4.78. The summed E-state index contributed by atoms with van der Waals surface area (Å²) >= 11 is 0. The summed E-state index contributed by atoms with van der Waals surface area (Å²) in [5, 5.41) is 10.5. The Balaban J connectivity index is 1.85. The summed E-state index contributed by atoms with van der Waals surface area (Å²) in [6.07, 6.45) is 2.03. The Morgan fingerprint density at radius 3 is 1.81 bits per heavy atom. The van der Waals surface area contributed by atoms with Gasteiger partial charge in [-0.1, -0.05) is 0 Å². The molecule has 0 radical (unpaired) electrons. The van der Waals surface area contributed by atoms with E-state index in [4.69, 9.17) is 23.7 Å². The molecule has 2 aromatic rings. The van der Waals surface area contributed by atoms with Crippen molar-refractivity contribution in [3.05, 3.63) is 35.4 Å². The van der Waals surface area contributed by atoms with E-state index in [0.717, 1.165) is 48.3 Å². The average molecular weight is 372 g/mol. The maximum absolute atomic E-state index is 10.5. The van der Waals surface area contributed by atoms with Crippen LogP contribution in [0.4, 0.5) is 0 Å². The standard InChI is InChI=1S/C21H24O6/c1-23-19-9-13(5-15-11-27-15)7-17(21(19)25-3)16-6-12(4-14-10-26-14)8-18(22)20(16)24-2/h6-9,14-15,22H,4-5,10-11H2,1-3H3. The first-order valence-electron chi connectivity index (χ1n) is 9.01. The van der Waals surface area contributed by atoms with Crippen molar-refractivity contribution in [3.63, 3.8) is 0 Å². The van der Waals surface area contributed by atoms with Crippen molar-refractivity contribution < 1.29 is 28.8 Å². The molecule has 0 aliphatic carbocycles. The lowest BCUT2D eigenvalue weighted by atomic mass is 9.95. The van der Waals surface area contributed by atoms with Crippen molar-refractivity contribution in [1.29, 1.82) is 0 Å². The molecule has 2 heterocycles. The van der Waals surface area contributed by atoms with Crippen molar-refractivity contribution in [2.45, 2.75) is 25.0 Å². The smallest absolute Gasteiger partial charge is 0.168 e. The molecule has 6 heteroatoms. The summed E-state index contributed by atoms with van der Waals surface area (Å²) in [6, 6.07) is 7.78. The van der Waals surface area contributed by atoms with Crippen molar-refractivity contribution >= 4 is 0 Å². The minimum absolute atomic E-state index is 0.0996. The van der Waals surface area contributed by atoms with Crippen molar-refractivity contribution in [3.8, 4) is 34.1 Å². The van der Waals surface area contributed by atoms with Gasteiger partial charge in [-0.2, -0.15) is 0 Å². The average Bonchev–Trinajstić information content (AvgIpc) is 3.57. The van der Waals surface area contributed by atoms with Crippen LogP contribution in [0.1, 0.15) is 11.1 Å². The molecular weight excluding hydrogens is 348 g/mol. The van der Waals surface area contributed by atoms with E-state index in [9.17, 15) is 5.11 Å². The van der Waals surface area contributed by atoms with Crippen LogP contribution in [0.15, 0.2) is 24.3 Å². The molecular formula is C21H24O6. The predicted octanol–water partition coefficient (Wildman–Crippen LogP) is 2.97. The number of phenolic OH excluding ortho intramolecular Hbond substituents is 1. The summed E-state index contributed by atoms with van der Waals surface area (Å²) in [5.41, 5.74) is 3.66. The highest BCUT2D eigenvalue weighted by Crippen LogP contribution is 2.46. The van der Waals surface area contributed by atoms with Gasteiger partial charge >= 0.3 is 0 Å². The third-order valence-electron chi connectivity index (χ3n) is 4.89. The van der Waals surface area contributed by atoms with Crippen LogP contribution in [0, 0.1) is 0 Å². The molecule has 0 amide bonds. The number of methoxy groups -OCH3 is 3. The number of phenols is 1. The van der Waals surface area contributed by atoms with Gasteiger partial charge in [0.25, 0.3) is 0 Å². The molecule has 2 atom stereocenters. The second-order valence-corrected chi connectivity index (χ2v) is 6.89. The van der Waals surface area contributed by atoms with Crippen LogP contribution in [0.25, 0.3) is 11.1 Å². The number of epoxide rings is 2. The van der Waals surface area contributed by atoms with E-state index in [1.807, 2.05) is 12.1 Å². The summed E-state index contributed by atoms with van der Waals surface area (Å²) < 4.78 is 27.4. The van der Waals surface area contributed by atoms with Crippen LogP contribution in [-0.4, -0.2) is 51.9 Å². The number of hydrogen-bond acceptors (Lipinski definition) is 6. The lowest BCUT2D eigenvalue weighted by molar-refractivity contribution is 0.354. The second-order valence-electron chi connectivity index (χ2n) is 6.89. The molecule has 4 rings (SSSR count). The van der Waals surface area contributed by atoms with Crippen LogP contribution in [0.3, 0.4) is 0 Å². The van der Waals surface area contributed by atoms with Gasteiger partial charge < -0.3 is 28.8 Å². The molecule has 2 aliphatic heterocycles. The highest BCUT2D eigenvalue weighted by Gasteiger charge is 2.27. The first-order valence-corrected chi connectivity index (χ1v) is 9.01. The van der Waals surface area contributed by atoms with E-state index in [-0.39, 0.29) is 18.0 Å². The maximum atomic E-state index is 10.5. The van der Waals surface area contributed by atoms with Gasteiger partial charge in [0.15, 0.2) is 23.0 Å². The van der Waals surface area contributed by atoms with Gasteiger partial charge in [-0.25, -0.2) is 0 Å². The number of ether oxygens (including phenoxy) is 5. The Bertz CT molecular complexity index is 839. The minimum Gasteiger partial charge on any atom is -0.504 e. The van der Waals surface area contributed by atoms with E-state index in [1.165, 1.54) is 0 Å². The second kappa shape index (κ2) is 7.29. The van der Waals surface area contributed by atoms with Crippen molar-refractivity contribution in [2.75, 3.05) is 34.5 Å². The molecule has 6 nitrogen and oxygen atoms in total. The highest BCUT2D eigenvalue weighted by molar-refractivity contribution is 5.81. The molecule has 0 bridgehead atoms. The van der Waals surface area contributed by atoms with Gasteiger partial charge in [0.2, 0.25) is 0 Å². The third-order valence-corrected chi connectivity index (χ3v) is 4.89. The number of aromatic hydroxyl groups is 1. The quantitative estimate of drug-likeness (QED) is 0.718. The van der Waals surface area contributed by atoms with E-state index in [2.05, 4.69) is 6.07 Å². The van der Waals surface area contributed by atoms with Gasteiger partial charge in [0.1, 0.15) is 0 Å². The first-order chi connectivity index (χ1) is 13.1. The third kappa shape index (κ3) is 3.82. The molecule has 144 valence electrons. The Morgan fingerprint density at radius 1 is 0.815 bits per heavy atom. The first kappa shape index (κ1) is 17.9. The van der Waals surface area contributed by atoms with Crippen LogP contribution in [-0.2, 0) is 22.3 Å². The Hall–Kier alpha value is -2.44. The van der Waals surface area contributed by atoms with Gasteiger partial charge in [-0.05, 0) is 35.4 Å². The fourth-order valence-corrected chi connectivity index (χ4v) is 3.44. The molecule has 0 saturated carbocycles. The van der Waals surface area contributed by atoms with E-state index in [0.29, 0.717) is 17.2 Å². The molecule has 2 unspecified atom stereocenters. The summed E-state index contributed by atoms with van der Waals surface area (Å²) in [4.78, 5) is 0. The van der Waals surface area contributed by atoms with Crippen LogP contribution >= 0.6 is 0 Å². The lowest BCUT2D eigenvalue weighted by Gasteiger charge is -2.18. The molecule has 27 heavy (non-hydrogen) atoms. The molecule has 2 aromatic carbocycles. The Kier molecular flexibility index (Phi) is 4.85. The van der Waals surface area contributed by atoms with Gasteiger partial charge in [0, 0.05) is 24.0 Å². The fourth-order valence-electron chi connectivity index (χ4n) is 3.44. The van der Waals surface area contributed by atoms with Crippen LogP contribution in [0.5, 0.6) is 23.0 Å². The summed E-state index contributed by atoms with van der Waals surface area (Å²) in [6.45, 7) is 1.54. The van der Waals surface area contributed by atoms with Crippen LogP contribution < -0.4 is 14.2 Å². The van der Waals surface area contributed by atoms with Gasteiger partial charge in [0.05, 0.1) is 46.8 Å². The number of rotatable bonds is 8. The molecule has 0 aromatic heterocycles. The topological polar surface area (TPSA) is 73.0 Å². The fraction of sp³-hybridized carbons (Fsp3) is 0.429. The maximum Gasteiger partial charge on any atom is 0.168 e. The molecule has 2 fully saturated rings. The molecule has 0 spiro atoms. The highest BCUT2D eigenvalue weighted by atomic mass is 16.6. The molecule has 2 aliphatic rings. The van der Waals surface area contributed by atoms with E-state index >= 15 is 0 Å². The number of benzene rings is 2. The van der Waals surface area contributed by atoms with E-state index < -0.39 is 0 Å².